The summed E-state index contributed by atoms with van der Waals surface area (Å²) in [4.78, 5) is 29.9. The summed E-state index contributed by atoms with van der Waals surface area (Å²) < 4.78 is 2.53. The van der Waals surface area contributed by atoms with E-state index in [-0.39, 0.29) is 17.2 Å². The summed E-state index contributed by atoms with van der Waals surface area (Å²) in [6.45, 7) is 4.67. The van der Waals surface area contributed by atoms with Crippen LogP contribution in [0.2, 0.25) is 0 Å². The van der Waals surface area contributed by atoms with E-state index >= 15 is 0 Å². The number of benzene rings is 2. The number of hydrogen-bond acceptors (Lipinski definition) is 4. The Bertz CT molecular complexity index is 1070. The second-order valence-corrected chi connectivity index (χ2v) is 8.34. The first-order valence-corrected chi connectivity index (χ1v) is 11.0. The number of halogens is 1. The van der Waals surface area contributed by atoms with Crippen LogP contribution in [0.25, 0.3) is 10.9 Å². The molecule has 1 N–H and O–H groups in total. The Hall–Kier alpha value is -2.12. The zero-order valence-electron chi connectivity index (χ0n) is 15.9. The van der Waals surface area contributed by atoms with Crippen LogP contribution in [0.3, 0.4) is 0 Å². The second kappa shape index (κ2) is 9.39. The minimum Gasteiger partial charge on any atom is -0.324 e. The Labute approximate surface area is 176 Å². The summed E-state index contributed by atoms with van der Waals surface area (Å²) in [6.07, 6.45) is 1.86. The van der Waals surface area contributed by atoms with Gasteiger partial charge in [-0.15, -0.1) is 0 Å². The van der Waals surface area contributed by atoms with Gasteiger partial charge in [0.15, 0.2) is 5.16 Å². The molecule has 0 aliphatic heterocycles. The smallest absolute Gasteiger partial charge is 0.262 e. The van der Waals surface area contributed by atoms with Crippen LogP contribution >= 0.6 is 27.7 Å². The van der Waals surface area contributed by atoms with E-state index in [1.54, 1.807) is 10.6 Å². The summed E-state index contributed by atoms with van der Waals surface area (Å²) in [5, 5.41) is 4.09. The molecule has 5 nitrogen and oxygen atoms in total. The molecule has 1 heterocycles. The standard InChI is InChI=1S/C21H22BrN3O2S/c1-3-4-11-25-20(27)15-7-5-6-8-17(15)24-21(25)28-13-19(26)23-18-10-9-14(2)12-16(18)22/h5-10,12H,3-4,11,13H2,1-2H3,(H,23,26). The van der Waals surface area contributed by atoms with Gasteiger partial charge >= 0.3 is 0 Å². The fourth-order valence-corrected chi connectivity index (χ4v) is 4.23. The fourth-order valence-electron chi connectivity index (χ4n) is 2.81. The average molecular weight is 460 g/mol. The van der Waals surface area contributed by atoms with Crippen molar-refractivity contribution in [2.75, 3.05) is 11.1 Å². The predicted octanol–water partition coefficient (Wildman–Crippen LogP) is 5.00. The number of para-hydroxylation sites is 1. The molecule has 0 spiro atoms. The van der Waals surface area contributed by atoms with Crippen molar-refractivity contribution in [2.45, 2.75) is 38.4 Å². The molecule has 0 radical (unpaired) electrons. The van der Waals surface area contributed by atoms with Crippen molar-refractivity contribution >= 4 is 50.2 Å². The minimum absolute atomic E-state index is 0.0526. The van der Waals surface area contributed by atoms with Crippen molar-refractivity contribution in [2.24, 2.45) is 0 Å². The molecule has 7 heteroatoms. The van der Waals surface area contributed by atoms with Gasteiger partial charge in [-0.25, -0.2) is 4.98 Å². The van der Waals surface area contributed by atoms with Gasteiger partial charge in [-0.1, -0.05) is 43.3 Å². The molecule has 0 aliphatic rings. The molecular weight excluding hydrogens is 438 g/mol. The molecule has 3 aromatic rings. The lowest BCUT2D eigenvalue weighted by Crippen LogP contribution is -2.24. The van der Waals surface area contributed by atoms with E-state index in [9.17, 15) is 9.59 Å². The number of anilines is 1. The third-order valence-electron chi connectivity index (χ3n) is 4.29. The van der Waals surface area contributed by atoms with Gasteiger partial charge in [0.25, 0.3) is 5.56 Å². The number of nitrogens with zero attached hydrogens (tertiary/aromatic N) is 2. The van der Waals surface area contributed by atoms with Gasteiger partial charge in [-0.05, 0) is 59.1 Å². The second-order valence-electron chi connectivity index (χ2n) is 6.54. The molecule has 0 aliphatic carbocycles. The lowest BCUT2D eigenvalue weighted by atomic mass is 10.2. The van der Waals surface area contributed by atoms with Gasteiger partial charge in [-0.2, -0.15) is 0 Å². The number of hydrogen-bond donors (Lipinski definition) is 1. The summed E-state index contributed by atoms with van der Waals surface area (Å²) >= 11 is 4.76. The number of carbonyl (C=O) groups excluding carboxylic acids is 1. The van der Waals surface area contributed by atoms with Gasteiger partial charge < -0.3 is 5.32 Å². The van der Waals surface area contributed by atoms with Crippen LogP contribution in [0, 0.1) is 6.92 Å². The molecule has 2 aromatic carbocycles. The molecule has 0 unspecified atom stereocenters. The number of thioether (sulfide) groups is 1. The van der Waals surface area contributed by atoms with E-state index < -0.39 is 0 Å². The van der Waals surface area contributed by atoms with Gasteiger partial charge in [0.1, 0.15) is 0 Å². The predicted molar refractivity (Wildman–Crippen MR) is 119 cm³/mol. The first kappa shape index (κ1) is 20.6. The number of aromatic nitrogens is 2. The Balaban J connectivity index is 1.80. The summed E-state index contributed by atoms with van der Waals surface area (Å²) in [7, 11) is 0. The maximum atomic E-state index is 12.9. The topological polar surface area (TPSA) is 64.0 Å². The van der Waals surface area contributed by atoms with Gasteiger partial charge in [0.2, 0.25) is 5.91 Å². The highest BCUT2D eigenvalue weighted by Gasteiger charge is 2.13. The van der Waals surface area contributed by atoms with Crippen molar-refractivity contribution in [1.82, 2.24) is 9.55 Å². The lowest BCUT2D eigenvalue weighted by Gasteiger charge is -2.13. The summed E-state index contributed by atoms with van der Waals surface area (Å²) in [5.41, 5.74) is 2.44. The van der Waals surface area contributed by atoms with Crippen LogP contribution in [0.15, 0.2) is 56.9 Å². The van der Waals surface area contributed by atoms with Crippen LogP contribution < -0.4 is 10.9 Å². The van der Waals surface area contributed by atoms with Crippen LogP contribution in [0.1, 0.15) is 25.3 Å². The number of carbonyl (C=O) groups is 1. The van der Waals surface area contributed by atoms with Crippen LogP contribution in [0.5, 0.6) is 0 Å². The van der Waals surface area contributed by atoms with Crippen molar-refractivity contribution in [3.8, 4) is 0 Å². The maximum absolute atomic E-state index is 12.9. The number of aryl methyl sites for hydroxylation is 1. The number of fused-ring (bicyclic) bond motifs is 1. The number of rotatable bonds is 7. The highest BCUT2D eigenvalue weighted by molar-refractivity contribution is 9.10. The maximum Gasteiger partial charge on any atom is 0.262 e. The Morgan fingerprint density at radius 2 is 2.04 bits per heavy atom. The summed E-state index contributed by atoms with van der Waals surface area (Å²) in [6, 6.07) is 13.1. The van der Waals surface area contributed by atoms with Gasteiger partial charge in [0.05, 0.1) is 22.3 Å². The summed E-state index contributed by atoms with van der Waals surface area (Å²) in [5.74, 6) is 0.0380. The van der Waals surface area contributed by atoms with Crippen LogP contribution in [-0.4, -0.2) is 21.2 Å². The number of amides is 1. The van der Waals surface area contributed by atoms with Crippen LogP contribution in [0.4, 0.5) is 5.69 Å². The Morgan fingerprint density at radius 1 is 1.25 bits per heavy atom. The fraction of sp³-hybridized carbons (Fsp3) is 0.286. The molecule has 1 amide bonds. The molecular formula is C21H22BrN3O2S. The van der Waals surface area contributed by atoms with Gasteiger partial charge in [0, 0.05) is 11.0 Å². The van der Waals surface area contributed by atoms with E-state index in [1.165, 1.54) is 11.8 Å². The molecule has 0 saturated carbocycles. The first-order chi connectivity index (χ1) is 13.5. The number of nitrogens with one attached hydrogen (secondary N) is 1. The Kier molecular flexibility index (Phi) is 6.91. The molecule has 3 rings (SSSR count). The van der Waals surface area contributed by atoms with Crippen molar-refractivity contribution < 1.29 is 4.79 Å². The first-order valence-electron chi connectivity index (χ1n) is 9.18. The lowest BCUT2D eigenvalue weighted by molar-refractivity contribution is -0.113. The Morgan fingerprint density at radius 3 is 2.79 bits per heavy atom. The molecule has 0 bridgehead atoms. The normalized spacial score (nSPS) is 11.0. The van der Waals surface area contributed by atoms with E-state index in [2.05, 4.69) is 33.2 Å². The van der Waals surface area contributed by atoms with E-state index in [4.69, 9.17) is 0 Å². The average Bonchev–Trinajstić information content (AvgIpc) is 2.68. The van der Waals surface area contributed by atoms with Crippen LogP contribution in [-0.2, 0) is 11.3 Å². The van der Waals surface area contributed by atoms with Crippen molar-refractivity contribution in [3.63, 3.8) is 0 Å². The molecule has 0 atom stereocenters. The minimum atomic E-state index is -0.140. The largest absolute Gasteiger partial charge is 0.324 e. The van der Waals surface area contributed by atoms with Crippen molar-refractivity contribution in [1.29, 1.82) is 0 Å². The molecule has 28 heavy (non-hydrogen) atoms. The van der Waals surface area contributed by atoms with Gasteiger partial charge in [-0.3, -0.25) is 14.2 Å². The molecule has 146 valence electrons. The highest BCUT2D eigenvalue weighted by atomic mass is 79.9. The zero-order chi connectivity index (χ0) is 20.1. The van der Waals surface area contributed by atoms with E-state index in [0.29, 0.717) is 22.6 Å². The third kappa shape index (κ3) is 4.83. The van der Waals surface area contributed by atoms with E-state index in [0.717, 1.165) is 28.6 Å². The quantitative estimate of drug-likeness (QED) is 0.398. The highest BCUT2D eigenvalue weighted by Crippen LogP contribution is 2.24. The molecule has 0 fully saturated rings. The number of unbranched alkanes of at least 4 members (excludes halogenated alkanes) is 1. The SMILES string of the molecule is CCCCn1c(SCC(=O)Nc2ccc(C)cc2Br)nc2ccccc2c1=O. The molecule has 1 aromatic heterocycles. The monoisotopic (exact) mass is 459 g/mol. The van der Waals surface area contributed by atoms with E-state index in [1.807, 2.05) is 43.3 Å². The van der Waals surface area contributed by atoms with Crippen molar-refractivity contribution in [3.05, 3.63) is 62.9 Å². The third-order valence-corrected chi connectivity index (χ3v) is 5.93. The molecule has 0 saturated heterocycles. The zero-order valence-corrected chi connectivity index (χ0v) is 18.3.